The van der Waals surface area contributed by atoms with Crippen LogP contribution in [0.5, 0.6) is 0 Å². The summed E-state index contributed by atoms with van der Waals surface area (Å²) < 4.78 is 5.29. The van der Waals surface area contributed by atoms with E-state index in [4.69, 9.17) is 4.74 Å². The minimum atomic E-state index is -0.528. The molecule has 0 spiro atoms. The van der Waals surface area contributed by atoms with E-state index in [1.54, 1.807) is 9.80 Å². The van der Waals surface area contributed by atoms with Gasteiger partial charge in [0.1, 0.15) is 12.6 Å². The minimum absolute atomic E-state index is 0.0606. The molecule has 26 heavy (non-hydrogen) atoms. The second kappa shape index (κ2) is 6.48. The van der Waals surface area contributed by atoms with Gasteiger partial charge >= 0.3 is 6.09 Å². The van der Waals surface area contributed by atoms with E-state index in [2.05, 4.69) is 13.8 Å². The van der Waals surface area contributed by atoms with E-state index >= 15 is 0 Å². The number of β-lactam (4-membered cyclic amide) rings is 1. The highest BCUT2D eigenvalue weighted by Crippen LogP contribution is 2.44. The molecule has 2 saturated heterocycles. The number of benzene rings is 2. The third kappa shape index (κ3) is 2.55. The lowest BCUT2D eigenvalue weighted by Gasteiger charge is -2.51. The molecule has 0 aliphatic carbocycles. The first-order valence-electron chi connectivity index (χ1n) is 8.97. The molecule has 2 aliphatic rings. The third-order valence-corrected chi connectivity index (χ3v) is 5.26. The Morgan fingerprint density at radius 2 is 1.54 bits per heavy atom. The highest BCUT2D eigenvalue weighted by Gasteiger charge is 2.57. The van der Waals surface area contributed by atoms with Gasteiger partial charge in [-0.05, 0) is 23.6 Å². The summed E-state index contributed by atoms with van der Waals surface area (Å²) in [6, 6.07) is 18.7. The summed E-state index contributed by atoms with van der Waals surface area (Å²) in [5.74, 6) is 0.158. The number of rotatable bonds is 4. The number of hydrogen-bond acceptors (Lipinski definition) is 3. The van der Waals surface area contributed by atoms with Crippen molar-refractivity contribution in [1.82, 2.24) is 4.90 Å². The number of anilines is 1. The average Bonchev–Trinajstić information content (AvgIpc) is 3.03. The Morgan fingerprint density at radius 1 is 0.923 bits per heavy atom. The summed E-state index contributed by atoms with van der Waals surface area (Å²) >= 11 is 0. The first kappa shape index (κ1) is 16.6. The highest BCUT2D eigenvalue weighted by molar-refractivity contribution is 6.07. The molecule has 0 radical (unpaired) electrons. The van der Waals surface area contributed by atoms with E-state index < -0.39 is 12.1 Å². The van der Waals surface area contributed by atoms with Crippen LogP contribution in [0.4, 0.5) is 10.5 Å². The molecule has 0 bridgehead atoms. The monoisotopic (exact) mass is 350 g/mol. The number of carbonyl (C=O) groups excluding carboxylic acids is 2. The standard InChI is InChI=1S/C21H22N2O3/c1-14(2)17-13-26-21(25)23(17)19-18(15-9-5-3-6-10-15)22(20(19)24)16-11-7-4-8-12-16/h3-12,14,17-19H,13H2,1-2H3/t17-,18-,19+/m0/s1. The molecule has 0 unspecified atom stereocenters. The van der Waals surface area contributed by atoms with E-state index in [0.29, 0.717) is 6.61 Å². The molecule has 3 atom stereocenters. The van der Waals surface area contributed by atoms with Gasteiger partial charge in [-0.15, -0.1) is 0 Å². The van der Waals surface area contributed by atoms with Crippen molar-refractivity contribution in [3.05, 3.63) is 66.2 Å². The molecule has 0 N–H and O–H groups in total. The molecule has 2 amide bonds. The maximum absolute atomic E-state index is 13.1. The van der Waals surface area contributed by atoms with Gasteiger partial charge in [0.05, 0.1) is 12.1 Å². The van der Waals surface area contributed by atoms with Crippen molar-refractivity contribution in [3.63, 3.8) is 0 Å². The molecular weight excluding hydrogens is 328 g/mol. The Balaban J connectivity index is 1.75. The van der Waals surface area contributed by atoms with E-state index in [-0.39, 0.29) is 23.9 Å². The van der Waals surface area contributed by atoms with Gasteiger partial charge in [-0.2, -0.15) is 0 Å². The second-order valence-electron chi connectivity index (χ2n) is 7.14. The molecular formula is C21H22N2O3. The Kier molecular flexibility index (Phi) is 4.15. The van der Waals surface area contributed by atoms with Gasteiger partial charge in [-0.3, -0.25) is 9.69 Å². The van der Waals surface area contributed by atoms with E-state index in [9.17, 15) is 9.59 Å². The van der Waals surface area contributed by atoms with Crippen LogP contribution in [0.25, 0.3) is 0 Å². The highest BCUT2D eigenvalue weighted by atomic mass is 16.6. The summed E-state index contributed by atoms with van der Waals surface area (Å²) in [5, 5.41) is 0. The van der Waals surface area contributed by atoms with Crippen LogP contribution in [0, 0.1) is 5.92 Å². The van der Waals surface area contributed by atoms with Crippen molar-refractivity contribution in [2.45, 2.75) is 32.0 Å². The van der Waals surface area contributed by atoms with Crippen LogP contribution in [0.2, 0.25) is 0 Å². The summed E-state index contributed by atoms with van der Waals surface area (Å²) in [6.45, 7) is 4.44. The Morgan fingerprint density at radius 3 is 2.15 bits per heavy atom. The molecule has 0 saturated carbocycles. The number of hydrogen-bond donors (Lipinski definition) is 0. The Labute approximate surface area is 153 Å². The Bertz CT molecular complexity index is 807. The number of para-hydroxylation sites is 1. The van der Waals surface area contributed by atoms with Crippen molar-refractivity contribution < 1.29 is 14.3 Å². The maximum atomic E-state index is 13.1. The van der Waals surface area contributed by atoms with Crippen molar-refractivity contribution in [1.29, 1.82) is 0 Å². The Hall–Kier alpha value is -2.82. The van der Waals surface area contributed by atoms with Crippen molar-refractivity contribution in [3.8, 4) is 0 Å². The van der Waals surface area contributed by atoms with Gasteiger partial charge in [0.2, 0.25) is 0 Å². The van der Waals surface area contributed by atoms with Crippen molar-refractivity contribution >= 4 is 17.7 Å². The van der Waals surface area contributed by atoms with Crippen LogP contribution in [-0.2, 0) is 9.53 Å². The molecule has 5 nitrogen and oxygen atoms in total. The number of carbonyl (C=O) groups is 2. The fraction of sp³-hybridized carbons (Fsp3) is 0.333. The molecule has 134 valence electrons. The zero-order chi connectivity index (χ0) is 18.3. The van der Waals surface area contributed by atoms with Crippen LogP contribution in [0.15, 0.2) is 60.7 Å². The van der Waals surface area contributed by atoms with E-state index in [0.717, 1.165) is 11.3 Å². The summed E-state index contributed by atoms with van der Waals surface area (Å²) in [7, 11) is 0. The van der Waals surface area contributed by atoms with E-state index in [1.165, 1.54) is 0 Å². The molecule has 2 aliphatic heterocycles. The molecule has 2 fully saturated rings. The van der Waals surface area contributed by atoms with Crippen LogP contribution in [0.1, 0.15) is 25.5 Å². The lowest BCUT2D eigenvalue weighted by molar-refractivity contribution is -0.132. The van der Waals surface area contributed by atoms with Gasteiger partial charge in [0.25, 0.3) is 5.91 Å². The van der Waals surface area contributed by atoms with Crippen molar-refractivity contribution in [2.24, 2.45) is 5.92 Å². The second-order valence-corrected chi connectivity index (χ2v) is 7.14. The zero-order valence-corrected chi connectivity index (χ0v) is 14.9. The molecule has 2 heterocycles. The first-order chi connectivity index (χ1) is 12.6. The average molecular weight is 350 g/mol. The van der Waals surface area contributed by atoms with E-state index in [1.807, 2.05) is 60.7 Å². The summed E-state index contributed by atoms with van der Waals surface area (Å²) in [6.07, 6.45) is -0.393. The molecule has 4 rings (SSSR count). The molecule has 2 aromatic carbocycles. The number of nitrogens with zero attached hydrogens (tertiary/aromatic N) is 2. The fourth-order valence-corrected chi connectivity index (χ4v) is 3.88. The molecule has 0 aromatic heterocycles. The molecule has 5 heteroatoms. The van der Waals surface area contributed by atoms with Gasteiger partial charge in [-0.1, -0.05) is 62.4 Å². The normalized spacial score (nSPS) is 25.4. The number of cyclic esters (lactones) is 1. The fourth-order valence-electron chi connectivity index (χ4n) is 3.88. The van der Waals surface area contributed by atoms with Crippen LogP contribution >= 0.6 is 0 Å². The van der Waals surface area contributed by atoms with Crippen molar-refractivity contribution in [2.75, 3.05) is 11.5 Å². The largest absolute Gasteiger partial charge is 0.447 e. The SMILES string of the molecule is CC(C)[C@@H]1COC(=O)N1[C@H]1C(=O)N(c2ccccc2)[C@H]1c1ccccc1. The van der Waals surface area contributed by atoms with Crippen LogP contribution < -0.4 is 4.90 Å². The minimum Gasteiger partial charge on any atom is -0.447 e. The number of ether oxygens (including phenoxy) is 1. The summed E-state index contributed by atoms with van der Waals surface area (Å²) in [4.78, 5) is 29.0. The predicted molar refractivity (Wildman–Crippen MR) is 98.7 cm³/mol. The lowest BCUT2D eigenvalue weighted by atomic mass is 9.85. The van der Waals surface area contributed by atoms with Crippen LogP contribution in [0.3, 0.4) is 0 Å². The van der Waals surface area contributed by atoms with Crippen LogP contribution in [-0.4, -0.2) is 35.6 Å². The summed E-state index contributed by atoms with van der Waals surface area (Å²) in [5.41, 5.74) is 1.86. The predicted octanol–water partition coefficient (Wildman–Crippen LogP) is 3.62. The topological polar surface area (TPSA) is 49.9 Å². The smallest absolute Gasteiger partial charge is 0.410 e. The maximum Gasteiger partial charge on any atom is 0.410 e. The van der Waals surface area contributed by atoms with Gasteiger partial charge in [0.15, 0.2) is 0 Å². The third-order valence-electron chi connectivity index (χ3n) is 5.26. The van der Waals surface area contributed by atoms with Gasteiger partial charge in [0, 0.05) is 5.69 Å². The number of amides is 2. The first-order valence-corrected chi connectivity index (χ1v) is 8.97. The quantitative estimate of drug-likeness (QED) is 0.792. The van der Waals surface area contributed by atoms with Gasteiger partial charge < -0.3 is 9.64 Å². The zero-order valence-electron chi connectivity index (χ0n) is 14.9. The lowest BCUT2D eigenvalue weighted by Crippen LogP contribution is -2.68. The van der Waals surface area contributed by atoms with Gasteiger partial charge in [-0.25, -0.2) is 4.79 Å². The molecule has 2 aromatic rings.